The molecule has 2 aromatic rings. The zero-order valence-corrected chi connectivity index (χ0v) is 11.4. The molecule has 2 rings (SSSR count). The second-order valence-corrected chi connectivity index (χ2v) is 6.87. The first kappa shape index (κ1) is 13.2. The first-order valence-electron chi connectivity index (χ1n) is 4.79. The Bertz CT molecular complexity index is 639. The van der Waals surface area contributed by atoms with Gasteiger partial charge in [0.15, 0.2) is 0 Å². The van der Waals surface area contributed by atoms with Crippen molar-refractivity contribution in [2.24, 2.45) is 0 Å². The number of thiophene rings is 1. The minimum Gasteiger partial charge on any atom is -0.368 e. The zero-order chi connectivity index (χ0) is 13.2. The molecular formula is C9H9ClN4O2S2. The normalized spacial score (nSPS) is 11.6. The van der Waals surface area contributed by atoms with E-state index in [1.807, 2.05) is 0 Å². The zero-order valence-electron chi connectivity index (χ0n) is 9.00. The second kappa shape index (κ2) is 5.19. The van der Waals surface area contributed by atoms with Crippen molar-refractivity contribution in [1.82, 2.24) is 14.7 Å². The molecular weight excluding hydrogens is 296 g/mol. The standard InChI is InChI=1S/C9H9ClN4O2S2/c10-8-2-1-6(17-8)3-14-18(15,16)7-4-12-9(11)13-5-7/h1-2,4-5,14H,3H2,(H2,11,12,13). The van der Waals surface area contributed by atoms with E-state index in [9.17, 15) is 8.42 Å². The Kier molecular flexibility index (Phi) is 3.81. The highest BCUT2D eigenvalue weighted by Crippen LogP contribution is 2.21. The van der Waals surface area contributed by atoms with Gasteiger partial charge < -0.3 is 5.73 Å². The summed E-state index contributed by atoms with van der Waals surface area (Å²) in [7, 11) is -3.63. The summed E-state index contributed by atoms with van der Waals surface area (Å²) >= 11 is 7.07. The summed E-state index contributed by atoms with van der Waals surface area (Å²) in [6.45, 7) is 0.171. The molecule has 0 aliphatic heterocycles. The Morgan fingerprint density at radius 1 is 1.33 bits per heavy atom. The van der Waals surface area contributed by atoms with Crippen molar-refractivity contribution >= 4 is 38.9 Å². The van der Waals surface area contributed by atoms with E-state index < -0.39 is 10.0 Å². The number of hydrogen-bond acceptors (Lipinski definition) is 6. The van der Waals surface area contributed by atoms with E-state index in [-0.39, 0.29) is 17.4 Å². The van der Waals surface area contributed by atoms with E-state index in [1.165, 1.54) is 11.3 Å². The third kappa shape index (κ3) is 3.16. The van der Waals surface area contributed by atoms with Gasteiger partial charge in [0.1, 0.15) is 4.90 Å². The molecule has 0 saturated heterocycles. The van der Waals surface area contributed by atoms with Gasteiger partial charge in [-0.2, -0.15) is 0 Å². The van der Waals surface area contributed by atoms with Crippen LogP contribution in [0.5, 0.6) is 0 Å². The van der Waals surface area contributed by atoms with Gasteiger partial charge in [0.25, 0.3) is 0 Å². The fourth-order valence-corrected chi connectivity index (χ4v) is 3.17. The Balaban J connectivity index is 2.10. The van der Waals surface area contributed by atoms with Crippen molar-refractivity contribution < 1.29 is 8.42 Å². The molecule has 0 aliphatic rings. The lowest BCUT2D eigenvalue weighted by Gasteiger charge is -2.04. The molecule has 0 saturated carbocycles. The molecule has 0 bridgehead atoms. The largest absolute Gasteiger partial charge is 0.368 e. The molecule has 0 aromatic carbocycles. The number of nitrogens with zero attached hydrogens (tertiary/aromatic N) is 2. The highest BCUT2D eigenvalue weighted by Gasteiger charge is 2.15. The molecule has 9 heteroatoms. The Morgan fingerprint density at radius 2 is 2.00 bits per heavy atom. The average molecular weight is 305 g/mol. The molecule has 2 heterocycles. The third-order valence-corrected chi connectivity index (χ3v) is 4.61. The maximum atomic E-state index is 11.9. The van der Waals surface area contributed by atoms with Crippen molar-refractivity contribution in [3.8, 4) is 0 Å². The maximum absolute atomic E-state index is 11.9. The summed E-state index contributed by atoms with van der Waals surface area (Å²) in [5.41, 5.74) is 5.29. The average Bonchev–Trinajstić information content (AvgIpc) is 2.73. The van der Waals surface area contributed by atoms with Crippen LogP contribution in [0, 0.1) is 0 Å². The summed E-state index contributed by atoms with van der Waals surface area (Å²) in [6, 6.07) is 3.47. The molecule has 0 unspecified atom stereocenters. The molecule has 0 radical (unpaired) electrons. The molecule has 18 heavy (non-hydrogen) atoms. The topological polar surface area (TPSA) is 98.0 Å². The van der Waals surface area contributed by atoms with Gasteiger partial charge in [0.05, 0.1) is 16.7 Å². The lowest BCUT2D eigenvalue weighted by atomic mass is 10.5. The summed E-state index contributed by atoms with van der Waals surface area (Å²) in [5.74, 6) is 0.0268. The summed E-state index contributed by atoms with van der Waals surface area (Å²) in [5, 5.41) is 0. The molecule has 0 fully saturated rings. The molecule has 0 spiro atoms. The SMILES string of the molecule is Nc1ncc(S(=O)(=O)NCc2ccc(Cl)s2)cn1. The van der Waals surface area contributed by atoms with Gasteiger partial charge in [-0.1, -0.05) is 11.6 Å². The van der Waals surface area contributed by atoms with E-state index in [0.717, 1.165) is 17.3 Å². The monoisotopic (exact) mass is 304 g/mol. The van der Waals surface area contributed by atoms with Gasteiger partial charge in [-0.15, -0.1) is 11.3 Å². The quantitative estimate of drug-likeness (QED) is 0.886. The van der Waals surface area contributed by atoms with Crippen LogP contribution in [0.1, 0.15) is 4.88 Å². The molecule has 96 valence electrons. The van der Waals surface area contributed by atoms with Gasteiger partial charge in [0.2, 0.25) is 16.0 Å². The van der Waals surface area contributed by atoms with Crippen molar-refractivity contribution in [1.29, 1.82) is 0 Å². The number of anilines is 1. The fourth-order valence-electron chi connectivity index (χ4n) is 1.16. The van der Waals surface area contributed by atoms with Gasteiger partial charge in [-0.05, 0) is 12.1 Å². The Hall–Kier alpha value is -1.22. The van der Waals surface area contributed by atoms with Gasteiger partial charge >= 0.3 is 0 Å². The molecule has 3 N–H and O–H groups in total. The van der Waals surface area contributed by atoms with Crippen LogP contribution < -0.4 is 10.5 Å². The van der Waals surface area contributed by atoms with Crippen LogP contribution in [0.25, 0.3) is 0 Å². The van der Waals surface area contributed by atoms with Gasteiger partial charge in [-0.3, -0.25) is 0 Å². The maximum Gasteiger partial charge on any atom is 0.243 e. The van der Waals surface area contributed by atoms with E-state index >= 15 is 0 Å². The van der Waals surface area contributed by atoms with Crippen LogP contribution in [0.4, 0.5) is 5.95 Å². The second-order valence-electron chi connectivity index (χ2n) is 3.31. The predicted octanol–water partition coefficient (Wildman–Crippen LogP) is 1.25. The van der Waals surface area contributed by atoms with E-state index in [0.29, 0.717) is 4.34 Å². The van der Waals surface area contributed by atoms with E-state index in [4.69, 9.17) is 17.3 Å². The number of halogens is 1. The Morgan fingerprint density at radius 3 is 2.56 bits per heavy atom. The Labute approximate surface area is 113 Å². The lowest BCUT2D eigenvalue weighted by Crippen LogP contribution is -2.23. The predicted molar refractivity (Wildman–Crippen MR) is 69.8 cm³/mol. The van der Waals surface area contributed by atoms with Gasteiger partial charge in [0, 0.05) is 11.4 Å². The van der Waals surface area contributed by atoms with Gasteiger partial charge in [-0.25, -0.2) is 23.1 Å². The van der Waals surface area contributed by atoms with Crippen molar-refractivity contribution in [2.75, 3.05) is 5.73 Å². The first-order valence-corrected chi connectivity index (χ1v) is 7.46. The van der Waals surface area contributed by atoms with Crippen LogP contribution in [0.2, 0.25) is 4.34 Å². The van der Waals surface area contributed by atoms with Crippen LogP contribution in [0.3, 0.4) is 0 Å². The molecule has 6 nitrogen and oxygen atoms in total. The highest BCUT2D eigenvalue weighted by atomic mass is 35.5. The van der Waals surface area contributed by atoms with E-state index in [2.05, 4.69) is 14.7 Å². The van der Waals surface area contributed by atoms with Crippen molar-refractivity contribution in [3.63, 3.8) is 0 Å². The third-order valence-electron chi connectivity index (χ3n) is 2.02. The van der Waals surface area contributed by atoms with Crippen LogP contribution >= 0.6 is 22.9 Å². The summed E-state index contributed by atoms with van der Waals surface area (Å²) < 4.78 is 26.8. The molecule has 0 atom stereocenters. The van der Waals surface area contributed by atoms with E-state index in [1.54, 1.807) is 12.1 Å². The number of nitrogens with two attached hydrogens (primary N) is 1. The lowest BCUT2D eigenvalue weighted by molar-refractivity contribution is 0.581. The van der Waals surface area contributed by atoms with Crippen LogP contribution in [-0.4, -0.2) is 18.4 Å². The molecule has 0 aliphatic carbocycles. The number of rotatable bonds is 4. The molecule has 2 aromatic heterocycles. The fraction of sp³-hybridized carbons (Fsp3) is 0.111. The number of nitrogens with one attached hydrogen (secondary N) is 1. The summed E-state index contributed by atoms with van der Waals surface area (Å²) in [6.07, 6.45) is 2.32. The summed E-state index contributed by atoms with van der Waals surface area (Å²) in [4.78, 5) is 8.06. The minimum atomic E-state index is -3.63. The number of hydrogen-bond donors (Lipinski definition) is 2. The van der Waals surface area contributed by atoms with Crippen LogP contribution in [0.15, 0.2) is 29.4 Å². The van der Waals surface area contributed by atoms with Crippen molar-refractivity contribution in [3.05, 3.63) is 33.7 Å². The van der Waals surface area contributed by atoms with Crippen LogP contribution in [-0.2, 0) is 16.6 Å². The number of nitrogen functional groups attached to an aromatic ring is 1. The molecule has 0 amide bonds. The van der Waals surface area contributed by atoms with Crippen molar-refractivity contribution in [2.45, 2.75) is 11.4 Å². The highest BCUT2D eigenvalue weighted by molar-refractivity contribution is 7.89. The first-order chi connectivity index (χ1) is 8.47. The number of aromatic nitrogens is 2. The smallest absolute Gasteiger partial charge is 0.243 e. The minimum absolute atomic E-state index is 0.0268. The number of sulfonamides is 1.